The van der Waals surface area contributed by atoms with E-state index >= 15 is 0 Å². The third-order valence-corrected chi connectivity index (χ3v) is 2.27. The van der Waals surface area contributed by atoms with E-state index in [2.05, 4.69) is 5.10 Å². The highest BCUT2D eigenvalue weighted by Crippen LogP contribution is 2.22. The van der Waals surface area contributed by atoms with Gasteiger partial charge < -0.3 is 11.6 Å². The minimum atomic E-state index is -0.296. The normalized spacial score (nSPS) is 12.9. The van der Waals surface area contributed by atoms with Gasteiger partial charge in [-0.05, 0) is 19.4 Å². The first-order chi connectivity index (χ1) is 6.09. The van der Waals surface area contributed by atoms with Gasteiger partial charge in [-0.1, -0.05) is 30.3 Å². The van der Waals surface area contributed by atoms with Gasteiger partial charge in [0, 0.05) is 5.41 Å². The number of benzene rings is 1. The largest absolute Gasteiger partial charge is 0.385 e. The Bertz CT molecular complexity index is 301. The first kappa shape index (κ1) is 9.58. The summed E-state index contributed by atoms with van der Waals surface area (Å²) < 4.78 is 0. The molecule has 0 aliphatic rings. The molecule has 0 spiro atoms. The van der Waals surface area contributed by atoms with Crippen molar-refractivity contribution < 1.29 is 0 Å². The van der Waals surface area contributed by atoms with Crippen LogP contribution in [-0.2, 0) is 5.41 Å². The van der Waals surface area contributed by atoms with Crippen molar-refractivity contribution in [1.29, 1.82) is 0 Å². The van der Waals surface area contributed by atoms with E-state index in [1.165, 1.54) is 0 Å². The SMILES string of the molecule is CC(C)(C(N)=NN)c1ccccc1. The van der Waals surface area contributed by atoms with Crippen molar-refractivity contribution in [2.45, 2.75) is 19.3 Å². The van der Waals surface area contributed by atoms with Crippen LogP contribution in [0.2, 0.25) is 0 Å². The number of nitrogens with two attached hydrogens (primary N) is 2. The van der Waals surface area contributed by atoms with Gasteiger partial charge in [0.15, 0.2) is 0 Å². The van der Waals surface area contributed by atoms with Gasteiger partial charge in [0.1, 0.15) is 5.84 Å². The lowest BCUT2D eigenvalue weighted by atomic mass is 9.84. The zero-order valence-corrected chi connectivity index (χ0v) is 7.99. The Labute approximate surface area is 78.4 Å². The van der Waals surface area contributed by atoms with Crippen LogP contribution in [0.15, 0.2) is 35.4 Å². The van der Waals surface area contributed by atoms with Crippen molar-refractivity contribution in [3.8, 4) is 0 Å². The summed E-state index contributed by atoms with van der Waals surface area (Å²) in [5.41, 5.74) is 6.52. The molecule has 1 rings (SSSR count). The fourth-order valence-corrected chi connectivity index (χ4v) is 1.16. The van der Waals surface area contributed by atoms with Gasteiger partial charge in [-0.3, -0.25) is 0 Å². The van der Waals surface area contributed by atoms with Gasteiger partial charge in [-0.2, -0.15) is 5.10 Å². The van der Waals surface area contributed by atoms with Gasteiger partial charge in [0.05, 0.1) is 0 Å². The second-order valence-electron chi connectivity index (χ2n) is 3.51. The maximum Gasteiger partial charge on any atom is 0.129 e. The summed E-state index contributed by atoms with van der Waals surface area (Å²) in [6.45, 7) is 3.99. The van der Waals surface area contributed by atoms with Crippen LogP contribution in [0.4, 0.5) is 0 Å². The van der Waals surface area contributed by atoms with Gasteiger partial charge in [-0.25, -0.2) is 0 Å². The van der Waals surface area contributed by atoms with Crippen LogP contribution < -0.4 is 11.6 Å². The molecule has 13 heavy (non-hydrogen) atoms. The molecule has 3 heteroatoms. The average Bonchev–Trinajstić information content (AvgIpc) is 2.18. The predicted molar refractivity (Wildman–Crippen MR) is 55.3 cm³/mol. The monoisotopic (exact) mass is 177 g/mol. The van der Waals surface area contributed by atoms with Crippen LogP contribution >= 0.6 is 0 Å². The zero-order chi connectivity index (χ0) is 9.90. The predicted octanol–water partition coefficient (Wildman–Crippen LogP) is 1.20. The van der Waals surface area contributed by atoms with Crippen LogP contribution in [-0.4, -0.2) is 5.84 Å². The van der Waals surface area contributed by atoms with Crippen molar-refractivity contribution in [2.75, 3.05) is 0 Å². The lowest BCUT2D eigenvalue weighted by Gasteiger charge is -2.23. The van der Waals surface area contributed by atoms with Gasteiger partial charge in [0.25, 0.3) is 0 Å². The molecule has 0 saturated carbocycles. The van der Waals surface area contributed by atoms with Gasteiger partial charge in [0.2, 0.25) is 0 Å². The third-order valence-electron chi connectivity index (χ3n) is 2.27. The molecule has 3 nitrogen and oxygen atoms in total. The van der Waals surface area contributed by atoms with Crippen LogP contribution in [0, 0.1) is 0 Å². The molecule has 0 bridgehead atoms. The van der Waals surface area contributed by atoms with Crippen molar-refractivity contribution in [3.05, 3.63) is 35.9 Å². The Kier molecular flexibility index (Phi) is 2.56. The maximum atomic E-state index is 5.71. The van der Waals surface area contributed by atoms with Gasteiger partial charge in [-0.15, -0.1) is 0 Å². The molecule has 70 valence electrons. The molecule has 0 aliphatic heterocycles. The third kappa shape index (κ3) is 1.80. The first-order valence-corrected chi connectivity index (χ1v) is 4.18. The average molecular weight is 177 g/mol. The number of amidine groups is 1. The molecule has 0 amide bonds. The van der Waals surface area contributed by atoms with Crippen LogP contribution in [0.25, 0.3) is 0 Å². The zero-order valence-electron chi connectivity index (χ0n) is 7.99. The highest BCUT2D eigenvalue weighted by atomic mass is 15.2. The van der Waals surface area contributed by atoms with E-state index in [-0.39, 0.29) is 5.41 Å². The van der Waals surface area contributed by atoms with Crippen LogP contribution in [0.1, 0.15) is 19.4 Å². The molecule has 4 N–H and O–H groups in total. The smallest absolute Gasteiger partial charge is 0.129 e. The van der Waals surface area contributed by atoms with E-state index < -0.39 is 0 Å². The Morgan fingerprint density at radius 3 is 2.23 bits per heavy atom. The Morgan fingerprint density at radius 1 is 1.23 bits per heavy atom. The Hall–Kier alpha value is -1.51. The summed E-state index contributed by atoms with van der Waals surface area (Å²) in [5, 5.41) is 3.53. The molecule has 0 atom stereocenters. The topological polar surface area (TPSA) is 64.4 Å². The Morgan fingerprint density at radius 2 is 1.77 bits per heavy atom. The van der Waals surface area contributed by atoms with Gasteiger partial charge >= 0.3 is 0 Å². The van der Waals surface area contributed by atoms with E-state index in [1.807, 2.05) is 44.2 Å². The molecule has 0 unspecified atom stereocenters. The summed E-state index contributed by atoms with van der Waals surface area (Å²) in [7, 11) is 0. The molecule has 0 heterocycles. The fraction of sp³-hybridized carbons (Fsp3) is 0.300. The summed E-state index contributed by atoms with van der Waals surface area (Å²) in [4.78, 5) is 0. The van der Waals surface area contributed by atoms with Crippen LogP contribution in [0.3, 0.4) is 0 Å². The standard InChI is InChI=1S/C10H15N3/c1-10(2,9(11)13-12)8-6-4-3-5-7-8/h3-7H,12H2,1-2H3,(H2,11,13). The molecule has 0 saturated heterocycles. The fourth-order valence-electron chi connectivity index (χ4n) is 1.16. The molecule has 0 radical (unpaired) electrons. The number of hydrazone groups is 1. The maximum absolute atomic E-state index is 5.71. The molecule has 1 aromatic carbocycles. The summed E-state index contributed by atoms with van der Waals surface area (Å²) in [5.74, 6) is 5.60. The van der Waals surface area contributed by atoms with E-state index in [0.717, 1.165) is 5.56 Å². The van der Waals surface area contributed by atoms with Crippen molar-refractivity contribution in [3.63, 3.8) is 0 Å². The molecular weight excluding hydrogens is 162 g/mol. The minimum Gasteiger partial charge on any atom is -0.385 e. The molecule has 1 aromatic rings. The van der Waals surface area contributed by atoms with Crippen LogP contribution in [0.5, 0.6) is 0 Å². The molecule has 0 aromatic heterocycles. The second kappa shape index (κ2) is 3.47. The van der Waals surface area contributed by atoms with Crippen molar-refractivity contribution >= 4 is 5.84 Å². The number of hydrogen-bond donors (Lipinski definition) is 2. The lowest BCUT2D eigenvalue weighted by Crippen LogP contribution is -2.36. The first-order valence-electron chi connectivity index (χ1n) is 4.18. The summed E-state index contributed by atoms with van der Waals surface area (Å²) in [6.07, 6.45) is 0. The highest BCUT2D eigenvalue weighted by molar-refractivity contribution is 5.90. The van der Waals surface area contributed by atoms with E-state index in [9.17, 15) is 0 Å². The number of nitrogens with zero attached hydrogens (tertiary/aromatic N) is 1. The molecule has 0 aliphatic carbocycles. The quantitative estimate of drug-likeness (QED) is 0.308. The highest BCUT2D eigenvalue weighted by Gasteiger charge is 2.24. The van der Waals surface area contributed by atoms with E-state index in [1.54, 1.807) is 0 Å². The lowest BCUT2D eigenvalue weighted by molar-refractivity contribution is 0.705. The number of hydrogen-bond acceptors (Lipinski definition) is 2. The second-order valence-corrected chi connectivity index (χ2v) is 3.51. The molecule has 0 fully saturated rings. The minimum absolute atomic E-state index is 0.296. The van der Waals surface area contributed by atoms with E-state index in [0.29, 0.717) is 5.84 Å². The number of rotatable bonds is 2. The van der Waals surface area contributed by atoms with E-state index in [4.69, 9.17) is 11.6 Å². The molecular formula is C10H15N3. The summed E-state index contributed by atoms with van der Waals surface area (Å²) in [6, 6.07) is 9.94. The van der Waals surface area contributed by atoms with Crippen molar-refractivity contribution in [1.82, 2.24) is 0 Å². The van der Waals surface area contributed by atoms with Crippen molar-refractivity contribution in [2.24, 2.45) is 16.7 Å². The Balaban J connectivity index is 3.08. The summed E-state index contributed by atoms with van der Waals surface area (Å²) >= 11 is 0.